The molecule has 1 aromatic carbocycles. The lowest BCUT2D eigenvalue weighted by atomic mass is 10.2. The lowest BCUT2D eigenvalue weighted by Crippen LogP contribution is -1.90. The SMILES string of the molecule is CNc1ccnc2c(S)cccc12. The maximum atomic E-state index is 4.35. The Kier molecular flexibility index (Phi) is 2.10. The zero-order valence-electron chi connectivity index (χ0n) is 7.28. The van der Waals surface area contributed by atoms with Gasteiger partial charge in [-0.3, -0.25) is 4.98 Å². The number of pyridine rings is 1. The number of fused-ring (bicyclic) bond motifs is 1. The van der Waals surface area contributed by atoms with Gasteiger partial charge in [0.1, 0.15) is 0 Å². The van der Waals surface area contributed by atoms with E-state index in [1.807, 2.05) is 31.3 Å². The second-order valence-corrected chi connectivity index (χ2v) is 3.26. The summed E-state index contributed by atoms with van der Waals surface area (Å²) in [5.41, 5.74) is 2.03. The molecule has 66 valence electrons. The molecular formula is C10H10N2S. The molecule has 1 heterocycles. The number of benzene rings is 1. The quantitative estimate of drug-likeness (QED) is 0.676. The highest BCUT2D eigenvalue weighted by Crippen LogP contribution is 2.25. The van der Waals surface area contributed by atoms with Crippen LogP contribution < -0.4 is 5.32 Å². The third-order valence-corrected chi connectivity index (χ3v) is 2.38. The van der Waals surface area contributed by atoms with Crippen LogP contribution in [0, 0.1) is 0 Å². The van der Waals surface area contributed by atoms with Crippen LogP contribution in [0.15, 0.2) is 35.4 Å². The van der Waals surface area contributed by atoms with Gasteiger partial charge in [0.15, 0.2) is 0 Å². The van der Waals surface area contributed by atoms with Gasteiger partial charge in [-0.15, -0.1) is 12.6 Å². The first kappa shape index (κ1) is 8.38. The minimum atomic E-state index is 0.912. The number of thiol groups is 1. The van der Waals surface area contributed by atoms with Crippen molar-refractivity contribution >= 4 is 29.2 Å². The van der Waals surface area contributed by atoms with E-state index in [0.29, 0.717) is 0 Å². The van der Waals surface area contributed by atoms with Gasteiger partial charge in [0.05, 0.1) is 5.52 Å². The average molecular weight is 190 g/mol. The molecule has 3 heteroatoms. The molecule has 0 amide bonds. The highest BCUT2D eigenvalue weighted by molar-refractivity contribution is 7.80. The van der Waals surface area contributed by atoms with E-state index in [0.717, 1.165) is 21.5 Å². The molecule has 0 fully saturated rings. The van der Waals surface area contributed by atoms with E-state index in [4.69, 9.17) is 0 Å². The number of anilines is 1. The van der Waals surface area contributed by atoms with E-state index in [9.17, 15) is 0 Å². The largest absolute Gasteiger partial charge is 0.388 e. The zero-order chi connectivity index (χ0) is 9.26. The van der Waals surface area contributed by atoms with Gasteiger partial charge in [0.25, 0.3) is 0 Å². The van der Waals surface area contributed by atoms with Gasteiger partial charge in [-0.2, -0.15) is 0 Å². The van der Waals surface area contributed by atoms with Crippen molar-refractivity contribution in [2.45, 2.75) is 4.90 Å². The Morgan fingerprint density at radius 1 is 1.31 bits per heavy atom. The molecule has 0 atom stereocenters. The fraction of sp³-hybridized carbons (Fsp3) is 0.100. The van der Waals surface area contributed by atoms with Crippen LogP contribution in [0.2, 0.25) is 0 Å². The van der Waals surface area contributed by atoms with Crippen LogP contribution in [0.5, 0.6) is 0 Å². The van der Waals surface area contributed by atoms with E-state index < -0.39 is 0 Å². The Balaban J connectivity index is 2.84. The highest BCUT2D eigenvalue weighted by atomic mass is 32.1. The van der Waals surface area contributed by atoms with Crippen LogP contribution >= 0.6 is 12.6 Å². The number of aromatic nitrogens is 1. The molecular weight excluding hydrogens is 180 g/mol. The number of para-hydroxylation sites is 1. The summed E-state index contributed by atoms with van der Waals surface area (Å²) in [6.07, 6.45) is 1.79. The molecule has 0 aliphatic carbocycles. The van der Waals surface area contributed by atoms with Gasteiger partial charge in [-0.05, 0) is 12.1 Å². The molecule has 0 aliphatic rings. The third kappa shape index (κ3) is 1.35. The first-order valence-corrected chi connectivity index (χ1v) is 4.52. The van der Waals surface area contributed by atoms with Gasteiger partial charge in [0.2, 0.25) is 0 Å². The van der Waals surface area contributed by atoms with Crippen LogP contribution in [-0.2, 0) is 0 Å². The van der Waals surface area contributed by atoms with Crippen molar-refractivity contribution < 1.29 is 0 Å². The van der Waals surface area contributed by atoms with Crippen molar-refractivity contribution in [1.29, 1.82) is 0 Å². The van der Waals surface area contributed by atoms with Gasteiger partial charge < -0.3 is 5.32 Å². The van der Waals surface area contributed by atoms with Gasteiger partial charge in [-0.1, -0.05) is 12.1 Å². The Bertz CT molecular complexity index is 440. The first-order chi connectivity index (χ1) is 6.33. The Morgan fingerprint density at radius 2 is 2.15 bits per heavy atom. The Labute approximate surface area is 82.4 Å². The molecule has 1 N–H and O–H groups in total. The summed E-state index contributed by atoms with van der Waals surface area (Å²) in [7, 11) is 1.90. The number of hydrogen-bond acceptors (Lipinski definition) is 3. The predicted molar refractivity (Wildman–Crippen MR) is 58.5 cm³/mol. The normalized spacial score (nSPS) is 10.3. The molecule has 0 radical (unpaired) electrons. The summed E-state index contributed by atoms with van der Waals surface area (Å²) in [4.78, 5) is 5.18. The molecule has 1 aromatic heterocycles. The number of nitrogens with one attached hydrogen (secondary N) is 1. The summed E-state index contributed by atoms with van der Waals surface area (Å²) in [6, 6.07) is 7.91. The smallest absolute Gasteiger partial charge is 0.0855 e. The van der Waals surface area contributed by atoms with Crippen molar-refractivity contribution in [3.8, 4) is 0 Å². The minimum absolute atomic E-state index is 0.912. The highest BCUT2D eigenvalue weighted by Gasteiger charge is 2.01. The summed E-state index contributed by atoms with van der Waals surface area (Å²) < 4.78 is 0. The van der Waals surface area contributed by atoms with Crippen molar-refractivity contribution in [2.75, 3.05) is 12.4 Å². The molecule has 0 bridgehead atoms. The van der Waals surface area contributed by atoms with Gasteiger partial charge in [-0.25, -0.2) is 0 Å². The van der Waals surface area contributed by atoms with Crippen molar-refractivity contribution in [2.24, 2.45) is 0 Å². The van der Waals surface area contributed by atoms with E-state index in [-0.39, 0.29) is 0 Å². The number of nitrogens with zero attached hydrogens (tertiary/aromatic N) is 1. The Hall–Kier alpha value is -1.22. The maximum Gasteiger partial charge on any atom is 0.0855 e. The summed E-state index contributed by atoms with van der Waals surface area (Å²) in [6.45, 7) is 0. The molecule has 2 rings (SSSR count). The average Bonchev–Trinajstić information content (AvgIpc) is 2.18. The summed E-state index contributed by atoms with van der Waals surface area (Å²) in [5, 5.41) is 4.23. The molecule has 2 nitrogen and oxygen atoms in total. The van der Waals surface area contributed by atoms with E-state index in [1.54, 1.807) is 6.20 Å². The van der Waals surface area contributed by atoms with Crippen molar-refractivity contribution in [1.82, 2.24) is 4.98 Å². The maximum absolute atomic E-state index is 4.35. The van der Waals surface area contributed by atoms with E-state index in [1.165, 1.54) is 0 Å². The lowest BCUT2D eigenvalue weighted by Gasteiger charge is -2.05. The van der Waals surface area contributed by atoms with Crippen LogP contribution in [0.3, 0.4) is 0 Å². The molecule has 0 saturated carbocycles. The van der Waals surface area contributed by atoms with Crippen LogP contribution in [0.25, 0.3) is 10.9 Å². The second-order valence-electron chi connectivity index (χ2n) is 2.78. The summed E-state index contributed by atoms with van der Waals surface area (Å²) >= 11 is 4.35. The van der Waals surface area contributed by atoms with Crippen LogP contribution in [0.4, 0.5) is 5.69 Å². The van der Waals surface area contributed by atoms with Crippen molar-refractivity contribution in [3.63, 3.8) is 0 Å². The monoisotopic (exact) mass is 190 g/mol. The van der Waals surface area contributed by atoms with Crippen LogP contribution in [-0.4, -0.2) is 12.0 Å². The predicted octanol–water partition coefficient (Wildman–Crippen LogP) is 2.57. The molecule has 13 heavy (non-hydrogen) atoms. The van der Waals surface area contributed by atoms with E-state index in [2.05, 4.69) is 22.9 Å². The fourth-order valence-corrected chi connectivity index (χ4v) is 1.64. The van der Waals surface area contributed by atoms with E-state index >= 15 is 0 Å². The third-order valence-electron chi connectivity index (χ3n) is 2.02. The second kappa shape index (κ2) is 3.26. The van der Waals surface area contributed by atoms with Gasteiger partial charge >= 0.3 is 0 Å². The lowest BCUT2D eigenvalue weighted by molar-refractivity contribution is 1.35. The Morgan fingerprint density at radius 3 is 2.92 bits per heavy atom. The molecule has 0 aliphatic heterocycles. The molecule has 0 unspecified atom stereocenters. The molecule has 0 saturated heterocycles. The standard InChI is InChI=1S/C10H10N2S/c1-11-8-5-6-12-10-7(8)3-2-4-9(10)13/h2-6,13H,1H3,(H,11,12). The molecule has 2 aromatic rings. The number of rotatable bonds is 1. The fourth-order valence-electron chi connectivity index (χ4n) is 1.38. The number of hydrogen-bond donors (Lipinski definition) is 2. The minimum Gasteiger partial charge on any atom is -0.388 e. The van der Waals surface area contributed by atoms with Gasteiger partial charge in [0, 0.05) is 29.2 Å². The topological polar surface area (TPSA) is 24.9 Å². The van der Waals surface area contributed by atoms with Crippen molar-refractivity contribution in [3.05, 3.63) is 30.5 Å². The zero-order valence-corrected chi connectivity index (χ0v) is 8.18. The van der Waals surface area contributed by atoms with Crippen LogP contribution in [0.1, 0.15) is 0 Å². The first-order valence-electron chi connectivity index (χ1n) is 4.07. The summed E-state index contributed by atoms with van der Waals surface area (Å²) in [5.74, 6) is 0. The molecule has 0 spiro atoms.